The van der Waals surface area contributed by atoms with E-state index in [9.17, 15) is 5.11 Å². The second kappa shape index (κ2) is 2.59. The van der Waals surface area contributed by atoms with Crippen LogP contribution in [0.1, 0.15) is 12.0 Å². The average molecular weight is 165 g/mol. The number of phenols is 1. The van der Waals surface area contributed by atoms with Crippen LogP contribution in [0.5, 0.6) is 11.5 Å². The van der Waals surface area contributed by atoms with E-state index in [1.165, 1.54) is 6.07 Å². The van der Waals surface area contributed by atoms with E-state index in [0.29, 0.717) is 5.69 Å². The SMILES string of the molecule is Nc1cc(O)cc2c1OCCC2. The van der Waals surface area contributed by atoms with Crippen LogP contribution in [-0.4, -0.2) is 11.7 Å². The van der Waals surface area contributed by atoms with Gasteiger partial charge in [-0.2, -0.15) is 0 Å². The summed E-state index contributed by atoms with van der Waals surface area (Å²) in [5.74, 6) is 0.968. The van der Waals surface area contributed by atoms with Crippen LogP contribution in [-0.2, 0) is 6.42 Å². The first-order chi connectivity index (χ1) is 5.77. The van der Waals surface area contributed by atoms with E-state index in [-0.39, 0.29) is 5.75 Å². The Morgan fingerprint density at radius 2 is 2.25 bits per heavy atom. The molecule has 0 bridgehead atoms. The van der Waals surface area contributed by atoms with E-state index < -0.39 is 0 Å². The Kier molecular flexibility index (Phi) is 1.57. The molecule has 1 aromatic carbocycles. The Labute approximate surface area is 70.8 Å². The van der Waals surface area contributed by atoms with Gasteiger partial charge in [-0.3, -0.25) is 0 Å². The minimum atomic E-state index is 0.219. The lowest BCUT2D eigenvalue weighted by molar-refractivity contribution is 0.289. The molecule has 2 rings (SSSR count). The van der Waals surface area contributed by atoms with Crippen LogP contribution in [0.25, 0.3) is 0 Å². The second-order valence-corrected chi connectivity index (χ2v) is 2.98. The number of hydrogen-bond donors (Lipinski definition) is 2. The molecule has 0 fully saturated rings. The fraction of sp³-hybridized carbons (Fsp3) is 0.333. The molecular formula is C9H11NO2. The number of anilines is 1. The highest BCUT2D eigenvalue weighted by Crippen LogP contribution is 2.34. The van der Waals surface area contributed by atoms with Gasteiger partial charge in [-0.1, -0.05) is 0 Å². The number of fused-ring (bicyclic) bond motifs is 1. The number of hydrogen-bond acceptors (Lipinski definition) is 3. The Morgan fingerprint density at radius 3 is 3.08 bits per heavy atom. The molecule has 0 saturated heterocycles. The molecule has 0 radical (unpaired) electrons. The summed E-state index contributed by atoms with van der Waals surface area (Å²) in [6, 6.07) is 3.23. The van der Waals surface area contributed by atoms with Gasteiger partial charge in [0.05, 0.1) is 12.3 Å². The first-order valence-corrected chi connectivity index (χ1v) is 4.01. The van der Waals surface area contributed by atoms with Gasteiger partial charge in [-0.15, -0.1) is 0 Å². The summed E-state index contributed by atoms with van der Waals surface area (Å²) in [4.78, 5) is 0. The van der Waals surface area contributed by atoms with Crippen LogP contribution >= 0.6 is 0 Å². The van der Waals surface area contributed by atoms with E-state index in [1.54, 1.807) is 6.07 Å². The summed E-state index contributed by atoms with van der Waals surface area (Å²) in [7, 11) is 0. The topological polar surface area (TPSA) is 55.5 Å². The molecule has 0 aromatic heterocycles. The maximum atomic E-state index is 9.23. The van der Waals surface area contributed by atoms with Gasteiger partial charge in [-0.25, -0.2) is 0 Å². The molecule has 0 spiro atoms. The molecule has 0 unspecified atom stereocenters. The van der Waals surface area contributed by atoms with Crippen molar-refractivity contribution in [2.24, 2.45) is 0 Å². The average Bonchev–Trinajstić information content (AvgIpc) is 2.04. The summed E-state index contributed by atoms with van der Waals surface area (Å²) in [6.07, 6.45) is 1.93. The minimum Gasteiger partial charge on any atom is -0.508 e. The first kappa shape index (κ1) is 7.28. The van der Waals surface area contributed by atoms with Crippen molar-refractivity contribution in [1.29, 1.82) is 0 Å². The molecule has 3 heteroatoms. The number of nitrogens with two attached hydrogens (primary N) is 1. The molecule has 12 heavy (non-hydrogen) atoms. The maximum absolute atomic E-state index is 9.23. The lowest BCUT2D eigenvalue weighted by atomic mass is 10.1. The highest BCUT2D eigenvalue weighted by atomic mass is 16.5. The van der Waals surface area contributed by atoms with Crippen molar-refractivity contribution in [2.75, 3.05) is 12.3 Å². The lowest BCUT2D eigenvalue weighted by Crippen LogP contribution is -2.10. The zero-order chi connectivity index (χ0) is 8.55. The third kappa shape index (κ3) is 1.07. The van der Waals surface area contributed by atoms with Gasteiger partial charge in [0.1, 0.15) is 11.5 Å². The van der Waals surface area contributed by atoms with E-state index in [1.807, 2.05) is 0 Å². The van der Waals surface area contributed by atoms with Gasteiger partial charge in [0.25, 0.3) is 0 Å². The summed E-state index contributed by atoms with van der Waals surface area (Å²) in [5, 5.41) is 9.23. The van der Waals surface area contributed by atoms with E-state index >= 15 is 0 Å². The predicted octanol–water partition coefficient (Wildman–Crippen LogP) is 1.30. The molecule has 64 valence electrons. The normalized spacial score (nSPS) is 15.0. The van der Waals surface area contributed by atoms with Crippen LogP contribution < -0.4 is 10.5 Å². The van der Waals surface area contributed by atoms with Gasteiger partial charge in [0, 0.05) is 11.6 Å². The standard InChI is InChI=1S/C9H11NO2/c10-8-5-7(11)4-6-2-1-3-12-9(6)8/h4-5,11H,1-3,10H2. The van der Waals surface area contributed by atoms with Crippen molar-refractivity contribution in [3.8, 4) is 11.5 Å². The molecule has 0 aliphatic carbocycles. The molecule has 1 aliphatic rings. The molecule has 1 aliphatic heterocycles. The summed E-state index contributed by atoms with van der Waals surface area (Å²) in [5.41, 5.74) is 7.20. The van der Waals surface area contributed by atoms with Crippen LogP contribution in [0.2, 0.25) is 0 Å². The zero-order valence-electron chi connectivity index (χ0n) is 6.71. The summed E-state index contributed by atoms with van der Waals surface area (Å²) < 4.78 is 5.37. The quantitative estimate of drug-likeness (QED) is 0.570. The van der Waals surface area contributed by atoms with Crippen molar-refractivity contribution in [1.82, 2.24) is 0 Å². The molecule has 3 nitrogen and oxygen atoms in total. The van der Waals surface area contributed by atoms with E-state index in [0.717, 1.165) is 30.8 Å². The number of benzene rings is 1. The van der Waals surface area contributed by atoms with Crippen LogP contribution in [0.3, 0.4) is 0 Å². The number of phenolic OH excluding ortho intramolecular Hbond substituents is 1. The molecule has 0 saturated carbocycles. The molecule has 1 aromatic rings. The molecule has 0 atom stereocenters. The fourth-order valence-electron chi connectivity index (χ4n) is 1.49. The number of rotatable bonds is 0. The Hall–Kier alpha value is -1.38. The van der Waals surface area contributed by atoms with Crippen molar-refractivity contribution in [2.45, 2.75) is 12.8 Å². The summed E-state index contributed by atoms with van der Waals surface area (Å²) in [6.45, 7) is 0.724. The Morgan fingerprint density at radius 1 is 1.42 bits per heavy atom. The van der Waals surface area contributed by atoms with Gasteiger partial charge < -0.3 is 15.6 Å². The maximum Gasteiger partial charge on any atom is 0.145 e. The molecule has 0 amide bonds. The van der Waals surface area contributed by atoms with Gasteiger partial charge in [-0.05, 0) is 18.9 Å². The van der Waals surface area contributed by atoms with Crippen molar-refractivity contribution >= 4 is 5.69 Å². The zero-order valence-corrected chi connectivity index (χ0v) is 6.71. The lowest BCUT2D eigenvalue weighted by Gasteiger charge is -2.18. The monoisotopic (exact) mass is 165 g/mol. The minimum absolute atomic E-state index is 0.219. The van der Waals surface area contributed by atoms with Crippen LogP contribution in [0.15, 0.2) is 12.1 Å². The van der Waals surface area contributed by atoms with Crippen LogP contribution in [0.4, 0.5) is 5.69 Å². The van der Waals surface area contributed by atoms with E-state index in [2.05, 4.69) is 0 Å². The number of ether oxygens (including phenoxy) is 1. The second-order valence-electron chi connectivity index (χ2n) is 2.98. The van der Waals surface area contributed by atoms with Gasteiger partial charge in [0.15, 0.2) is 0 Å². The van der Waals surface area contributed by atoms with Gasteiger partial charge in [0.2, 0.25) is 0 Å². The Balaban J connectivity index is 2.53. The van der Waals surface area contributed by atoms with Gasteiger partial charge >= 0.3 is 0 Å². The predicted molar refractivity (Wildman–Crippen MR) is 46.3 cm³/mol. The van der Waals surface area contributed by atoms with Crippen molar-refractivity contribution in [3.63, 3.8) is 0 Å². The number of nitrogen functional groups attached to an aromatic ring is 1. The van der Waals surface area contributed by atoms with Crippen LogP contribution in [0, 0.1) is 0 Å². The molecule has 3 N–H and O–H groups in total. The molecule has 1 heterocycles. The van der Waals surface area contributed by atoms with Crippen molar-refractivity contribution in [3.05, 3.63) is 17.7 Å². The summed E-state index contributed by atoms with van der Waals surface area (Å²) >= 11 is 0. The number of aryl methyl sites for hydroxylation is 1. The molecular weight excluding hydrogens is 154 g/mol. The fourth-order valence-corrected chi connectivity index (χ4v) is 1.49. The highest BCUT2D eigenvalue weighted by molar-refractivity contribution is 5.60. The van der Waals surface area contributed by atoms with E-state index in [4.69, 9.17) is 10.5 Å². The number of aromatic hydroxyl groups is 1. The third-order valence-corrected chi connectivity index (χ3v) is 2.02. The first-order valence-electron chi connectivity index (χ1n) is 4.01. The smallest absolute Gasteiger partial charge is 0.145 e. The largest absolute Gasteiger partial charge is 0.508 e. The Bertz CT molecular complexity index is 310. The highest BCUT2D eigenvalue weighted by Gasteiger charge is 2.13. The third-order valence-electron chi connectivity index (χ3n) is 2.02. The van der Waals surface area contributed by atoms with Crippen molar-refractivity contribution < 1.29 is 9.84 Å².